The molecular weight excluding hydrogens is 203 g/mol. The topological polar surface area (TPSA) is 15.3 Å². The summed E-state index contributed by atoms with van der Waals surface area (Å²) in [6, 6.07) is 7.89. The number of benzene rings is 1. The number of hydrogen-bond acceptors (Lipinski definition) is 2. The summed E-state index contributed by atoms with van der Waals surface area (Å²) < 4.78 is 12.8. The molecule has 0 radical (unpaired) electrons. The van der Waals surface area contributed by atoms with Crippen LogP contribution in [0.15, 0.2) is 24.3 Å². The average molecular weight is 222 g/mol. The van der Waals surface area contributed by atoms with Gasteiger partial charge >= 0.3 is 0 Å². The van der Waals surface area contributed by atoms with E-state index in [1.54, 1.807) is 0 Å². The molecule has 1 aromatic carbocycles. The number of halogens is 1. The first-order valence-corrected chi connectivity index (χ1v) is 5.87. The molecule has 0 aromatic heterocycles. The SMILES string of the molecule is CC1CN[C@H](C)CN1Cc1ccc(F)cc1. The summed E-state index contributed by atoms with van der Waals surface area (Å²) in [4.78, 5) is 2.44. The Kier molecular flexibility index (Phi) is 3.56. The molecule has 3 heteroatoms. The van der Waals surface area contributed by atoms with Gasteiger partial charge in [-0.3, -0.25) is 4.90 Å². The zero-order valence-corrected chi connectivity index (χ0v) is 9.91. The third kappa shape index (κ3) is 2.80. The van der Waals surface area contributed by atoms with E-state index in [9.17, 15) is 4.39 Å². The number of piperazine rings is 1. The Morgan fingerprint density at radius 3 is 2.69 bits per heavy atom. The highest BCUT2D eigenvalue weighted by molar-refractivity contribution is 5.16. The molecule has 0 saturated carbocycles. The van der Waals surface area contributed by atoms with Crippen molar-refractivity contribution in [2.75, 3.05) is 13.1 Å². The number of hydrogen-bond donors (Lipinski definition) is 1. The Morgan fingerprint density at radius 2 is 2.00 bits per heavy atom. The third-order valence-corrected chi connectivity index (χ3v) is 3.19. The third-order valence-electron chi connectivity index (χ3n) is 3.19. The molecule has 1 heterocycles. The van der Waals surface area contributed by atoms with Gasteiger partial charge in [0.05, 0.1) is 0 Å². The summed E-state index contributed by atoms with van der Waals surface area (Å²) in [5.41, 5.74) is 1.18. The van der Waals surface area contributed by atoms with E-state index in [1.807, 2.05) is 12.1 Å². The molecule has 0 bridgehead atoms. The van der Waals surface area contributed by atoms with E-state index in [0.29, 0.717) is 12.1 Å². The van der Waals surface area contributed by atoms with Gasteiger partial charge in [0.2, 0.25) is 0 Å². The molecule has 1 N–H and O–H groups in total. The second-order valence-electron chi connectivity index (χ2n) is 4.71. The molecule has 0 spiro atoms. The molecule has 2 rings (SSSR count). The lowest BCUT2D eigenvalue weighted by Crippen LogP contribution is -2.53. The smallest absolute Gasteiger partial charge is 0.123 e. The first kappa shape index (κ1) is 11.6. The molecule has 1 fully saturated rings. The first-order valence-electron chi connectivity index (χ1n) is 5.87. The van der Waals surface area contributed by atoms with Crippen molar-refractivity contribution < 1.29 is 4.39 Å². The number of nitrogens with zero attached hydrogens (tertiary/aromatic N) is 1. The fourth-order valence-corrected chi connectivity index (χ4v) is 2.14. The maximum atomic E-state index is 12.8. The van der Waals surface area contributed by atoms with E-state index in [4.69, 9.17) is 0 Å². The molecule has 16 heavy (non-hydrogen) atoms. The van der Waals surface area contributed by atoms with Gasteiger partial charge in [-0.1, -0.05) is 12.1 Å². The Bertz CT molecular complexity index is 336. The van der Waals surface area contributed by atoms with Gasteiger partial charge < -0.3 is 5.32 Å². The summed E-state index contributed by atoms with van der Waals surface area (Å²) in [7, 11) is 0. The fourth-order valence-electron chi connectivity index (χ4n) is 2.14. The summed E-state index contributed by atoms with van der Waals surface area (Å²) in [5.74, 6) is -0.162. The number of nitrogens with one attached hydrogen (secondary N) is 1. The lowest BCUT2D eigenvalue weighted by atomic mass is 10.1. The second kappa shape index (κ2) is 4.93. The van der Waals surface area contributed by atoms with Gasteiger partial charge in [0.25, 0.3) is 0 Å². The summed E-state index contributed by atoms with van der Waals surface area (Å²) in [6.45, 7) is 7.42. The first-order chi connectivity index (χ1) is 7.65. The van der Waals surface area contributed by atoms with E-state index >= 15 is 0 Å². The normalized spacial score (nSPS) is 26.9. The summed E-state index contributed by atoms with van der Waals surface area (Å²) in [5, 5.41) is 3.45. The molecule has 1 aliphatic rings. The number of rotatable bonds is 2. The highest BCUT2D eigenvalue weighted by Gasteiger charge is 2.21. The van der Waals surface area contributed by atoms with Crippen molar-refractivity contribution in [3.63, 3.8) is 0 Å². The Morgan fingerprint density at radius 1 is 1.31 bits per heavy atom. The predicted molar refractivity (Wildman–Crippen MR) is 63.7 cm³/mol. The van der Waals surface area contributed by atoms with Crippen molar-refractivity contribution >= 4 is 0 Å². The highest BCUT2D eigenvalue weighted by Crippen LogP contribution is 2.12. The Labute approximate surface area is 96.5 Å². The molecule has 1 saturated heterocycles. The van der Waals surface area contributed by atoms with Crippen LogP contribution in [0.2, 0.25) is 0 Å². The minimum absolute atomic E-state index is 0.162. The van der Waals surface area contributed by atoms with Crippen molar-refractivity contribution in [2.24, 2.45) is 0 Å². The Balaban J connectivity index is 2.00. The molecule has 2 nitrogen and oxygen atoms in total. The standard InChI is InChI=1S/C13H19FN2/c1-10-8-16(11(2)7-15-10)9-12-3-5-13(14)6-4-12/h3-6,10-11,15H,7-9H2,1-2H3/t10-,11?/m1/s1. The maximum Gasteiger partial charge on any atom is 0.123 e. The molecule has 1 aliphatic heterocycles. The molecular formula is C13H19FN2. The van der Waals surface area contributed by atoms with Gasteiger partial charge in [0, 0.05) is 31.7 Å². The molecule has 0 aliphatic carbocycles. The van der Waals surface area contributed by atoms with Crippen LogP contribution in [0.5, 0.6) is 0 Å². The minimum Gasteiger partial charge on any atom is -0.311 e. The van der Waals surface area contributed by atoms with Crippen LogP contribution in [0.25, 0.3) is 0 Å². The predicted octanol–water partition coefficient (Wildman–Crippen LogP) is 2.01. The fraction of sp³-hybridized carbons (Fsp3) is 0.538. The van der Waals surface area contributed by atoms with Crippen LogP contribution >= 0.6 is 0 Å². The molecule has 88 valence electrons. The van der Waals surface area contributed by atoms with Gasteiger partial charge in [-0.25, -0.2) is 4.39 Å². The van der Waals surface area contributed by atoms with Gasteiger partial charge in [0.1, 0.15) is 5.82 Å². The lowest BCUT2D eigenvalue weighted by Gasteiger charge is -2.37. The van der Waals surface area contributed by atoms with E-state index in [2.05, 4.69) is 24.1 Å². The second-order valence-corrected chi connectivity index (χ2v) is 4.71. The van der Waals surface area contributed by atoms with Crippen molar-refractivity contribution in [1.82, 2.24) is 10.2 Å². The quantitative estimate of drug-likeness (QED) is 0.823. The summed E-state index contributed by atoms with van der Waals surface area (Å²) in [6.07, 6.45) is 0. The molecule has 0 amide bonds. The minimum atomic E-state index is -0.162. The van der Waals surface area contributed by atoms with Gasteiger partial charge in [-0.2, -0.15) is 0 Å². The zero-order valence-electron chi connectivity index (χ0n) is 9.91. The van der Waals surface area contributed by atoms with Crippen LogP contribution in [-0.2, 0) is 6.54 Å². The van der Waals surface area contributed by atoms with Crippen LogP contribution < -0.4 is 5.32 Å². The van der Waals surface area contributed by atoms with Crippen molar-refractivity contribution in [3.8, 4) is 0 Å². The van der Waals surface area contributed by atoms with Crippen molar-refractivity contribution in [2.45, 2.75) is 32.5 Å². The van der Waals surface area contributed by atoms with Crippen LogP contribution in [0.1, 0.15) is 19.4 Å². The highest BCUT2D eigenvalue weighted by atomic mass is 19.1. The Hall–Kier alpha value is -0.930. The molecule has 2 atom stereocenters. The van der Waals surface area contributed by atoms with E-state index in [1.165, 1.54) is 17.7 Å². The summed E-state index contributed by atoms with van der Waals surface area (Å²) >= 11 is 0. The van der Waals surface area contributed by atoms with E-state index in [0.717, 1.165) is 19.6 Å². The average Bonchev–Trinajstić information content (AvgIpc) is 2.27. The van der Waals surface area contributed by atoms with Crippen LogP contribution in [-0.4, -0.2) is 30.1 Å². The van der Waals surface area contributed by atoms with Gasteiger partial charge in [0.15, 0.2) is 0 Å². The van der Waals surface area contributed by atoms with Gasteiger partial charge in [-0.05, 0) is 31.5 Å². The largest absolute Gasteiger partial charge is 0.311 e. The molecule has 1 aromatic rings. The van der Waals surface area contributed by atoms with Crippen LogP contribution in [0, 0.1) is 5.82 Å². The van der Waals surface area contributed by atoms with Crippen LogP contribution in [0.3, 0.4) is 0 Å². The van der Waals surface area contributed by atoms with Crippen molar-refractivity contribution in [3.05, 3.63) is 35.6 Å². The monoisotopic (exact) mass is 222 g/mol. The van der Waals surface area contributed by atoms with Gasteiger partial charge in [-0.15, -0.1) is 0 Å². The van der Waals surface area contributed by atoms with Crippen LogP contribution in [0.4, 0.5) is 4.39 Å². The zero-order chi connectivity index (χ0) is 11.5. The molecule has 1 unspecified atom stereocenters. The lowest BCUT2D eigenvalue weighted by molar-refractivity contribution is 0.139. The maximum absolute atomic E-state index is 12.8. The van der Waals surface area contributed by atoms with E-state index in [-0.39, 0.29) is 5.82 Å². The van der Waals surface area contributed by atoms with Crippen molar-refractivity contribution in [1.29, 1.82) is 0 Å². The van der Waals surface area contributed by atoms with E-state index < -0.39 is 0 Å².